The molecule has 1 aromatic carbocycles. The summed E-state index contributed by atoms with van der Waals surface area (Å²) in [5.41, 5.74) is 1.95. The molecule has 0 radical (unpaired) electrons. The SMILES string of the molecule is Cc1cc(Oc2ccccc2)cc(C)n1. The molecular formula is C13H13NO. The van der Waals surface area contributed by atoms with Gasteiger partial charge in [-0.3, -0.25) is 4.98 Å². The highest BCUT2D eigenvalue weighted by molar-refractivity contribution is 5.32. The summed E-state index contributed by atoms with van der Waals surface area (Å²) in [6.07, 6.45) is 0. The van der Waals surface area contributed by atoms with Crippen LogP contribution in [0.3, 0.4) is 0 Å². The van der Waals surface area contributed by atoms with E-state index in [0.717, 1.165) is 22.9 Å². The average Bonchev–Trinajstić information content (AvgIpc) is 2.17. The standard InChI is InChI=1S/C13H13NO/c1-10-8-13(9-11(2)14-10)15-12-6-4-3-5-7-12/h3-9H,1-2H3. The van der Waals surface area contributed by atoms with Crippen molar-refractivity contribution in [2.24, 2.45) is 0 Å². The second kappa shape index (κ2) is 4.13. The molecule has 15 heavy (non-hydrogen) atoms. The summed E-state index contributed by atoms with van der Waals surface area (Å²) in [6, 6.07) is 13.6. The van der Waals surface area contributed by atoms with Crippen LogP contribution >= 0.6 is 0 Å². The Bertz CT molecular complexity index is 431. The lowest BCUT2D eigenvalue weighted by Crippen LogP contribution is -1.89. The van der Waals surface area contributed by atoms with Crippen LogP contribution in [0, 0.1) is 13.8 Å². The van der Waals surface area contributed by atoms with Crippen molar-refractivity contribution >= 4 is 0 Å². The molecule has 0 atom stereocenters. The van der Waals surface area contributed by atoms with Crippen LogP contribution < -0.4 is 4.74 Å². The minimum Gasteiger partial charge on any atom is -0.457 e. The molecule has 0 saturated heterocycles. The topological polar surface area (TPSA) is 22.1 Å². The molecule has 2 nitrogen and oxygen atoms in total. The van der Waals surface area contributed by atoms with E-state index >= 15 is 0 Å². The van der Waals surface area contributed by atoms with E-state index in [4.69, 9.17) is 4.74 Å². The van der Waals surface area contributed by atoms with Crippen LogP contribution in [0.2, 0.25) is 0 Å². The molecular weight excluding hydrogens is 186 g/mol. The third-order valence-electron chi connectivity index (χ3n) is 2.03. The lowest BCUT2D eigenvalue weighted by molar-refractivity contribution is 0.481. The van der Waals surface area contributed by atoms with Crippen molar-refractivity contribution < 1.29 is 4.74 Å². The van der Waals surface area contributed by atoms with Crippen molar-refractivity contribution in [3.05, 3.63) is 53.9 Å². The van der Waals surface area contributed by atoms with Crippen LogP contribution in [0.1, 0.15) is 11.4 Å². The zero-order valence-electron chi connectivity index (χ0n) is 8.90. The predicted octanol–water partition coefficient (Wildman–Crippen LogP) is 3.49. The van der Waals surface area contributed by atoms with Gasteiger partial charge in [0, 0.05) is 23.5 Å². The van der Waals surface area contributed by atoms with Gasteiger partial charge in [0.2, 0.25) is 0 Å². The van der Waals surface area contributed by atoms with E-state index in [1.807, 2.05) is 56.3 Å². The summed E-state index contributed by atoms with van der Waals surface area (Å²) in [6.45, 7) is 3.93. The van der Waals surface area contributed by atoms with Gasteiger partial charge in [0.1, 0.15) is 11.5 Å². The van der Waals surface area contributed by atoms with Crippen molar-refractivity contribution in [3.8, 4) is 11.5 Å². The molecule has 0 spiro atoms. The number of hydrogen-bond donors (Lipinski definition) is 0. The monoisotopic (exact) mass is 199 g/mol. The van der Waals surface area contributed by atoms with Crippen molar-refractivity contribution in [3.63, 3.8) is 0 Å². The van der Waals surface area contributed by atoms with Gasteiger partial charge < -0.3 is 4.74 Å². The van der Waals surface area contributed by atoms with Crippen LogP contribution in [0.25, 0.3) is 0 Å². The quantitative estimate of drug-likeness (QED) is 0.738. The van der Waals surface area contributed by atoms with Crippen LogP contribution in [-0.4, -0.2) is 4.98 Å². The number of benzene rings is 1. The van der Waals surface area contributed by atoms with Crippen molar-refractivity contribution in [1.82, 2.24) is 4.98 Å². The maximum atomic E-state index is 5.70. The number of nitrogens with zero attached hydrogens (tertiary/aromatic N) is 1. The molecule has 0 aliphatic carbocycles. The number of hydrogen-bond acceptors (Lipinski definition) is 2. The Morgan fingerprint density at radius 1 is 0.867 bits per heavy atom. The maximum absolute atomic E-state index is 5.70. The minimum absolute atomic E-state index is 0.839. The molecule has 76 valence electrons. The van der Waals surface area contributed by atoms with Gasteiger partial charge in [0.25, 0.3) is 0 Å². The highest BCUT2D eigenvalue weighted by atomic mass is 16.5. The van der Waals surface area contributed by atoms with E-state index in [1.54, 1.807) is 0 Å². The number of ether oxygens (including phenoxy) is 1. The number of pyridine rings is 1. The highest BCUT2D eigenvalue weighted by Crippen LogP contribution is 2.21. The average molecular weight is 199 g/mol. The molecule has 0 fully saturated rings. The van der Waals surface area contributed by atoms with Gasteiger partial charge in [0.15, 0.2) is 0 Å². The van der Waals surface area contributed by atoms with Crippen molar-refractivity contribution in [2.75, 3.05) is 0 Å². The van der Waals surface area contributed by atoms with Crippen LogP contribution in [0.15, 0.2) is 42.5 Å². The molecule has 0 saturated carbocycles. The number of aromatic nitrogens is 1. The first-order valence-electron chi connectivity index (χ1n) is 4.92. The predicted molar refractivity (Wildman–Crippen MR) is 60.2 cm³/mol. The van der Waals surface area contributed by atoms with Gasteiger partial charge in [-0.25, -0.2) is 0 Å². The summed E-state index contributed by atoms with van der Waals surface area (Å²) >= 11 is 0. The molecule has 0 bridgehead atoms. The maximum Gasteiger partial charge on any atom is 0.131 e. The van der Waals surface area contributed by atoms with Crippen LogP contribution in [0.5, 0.6) is 11.5 Å². The van der Waals surface area contributed by atoms with E-state index in [9.17, 15) is 0 Å². The Kier molecular flexibility index (Phi) is 2.68. The lowest BCUT2D eigenvalue weighted by atomic mass is 10.3. The summed E-state index contributed by atoms with van der Waals surface area (Å²) in [5.74, 6) is 1.69. The Hall–Kier alpha value is -1.83. The van der Waals surface area contributed by atoms with Gasteiger partial charge >= 0.3 is 0 Å². The Morgan fingerprint density at radius 3 is 2.07 bits per heavy atom. The Morgan fingerprint density at radius 2 is 1.47 bits per heavy atom. The highest BCUT2D eigenvalue weighted by Gasteiger charge is 1.99. The molecule has 2 rings (SSSR count). The normalized spacial score (nSPS) is 10.0. The summed E-state index contributed by atoms with van der Waals surface area (Å²) in [4.78, 5) is 4.30. The molecule has 1 heterocycles. The van der Waals surface area contributed by atoms with Gasteiger partial charge in [-0.1, -0.05) is 18.2 Å². The molecule has 1 aromatic heterocycles. The lowest BCUT2D eigenvalue weighted by Gasteiger charge is -2.06. The van der Waals surface area contributed by atoms with Crippen molar-refractivity contribution in [2.45, 2.75) is 13.8 Å². The minimum atomic E-state index is 0.839. The van der Waals surface area contributed by atoms with E-state index in [2.05, 4.69) is 4.98 Å². The summed E-state index contributed by atoms with van der Waals surface area (Å²) < 4.78 is 5.70. The van der Waals surface area contributed by atoms with Gasteiger partial charge in [-0.15, -0.1) is 0 Å². The molecule has 0 aliphatic rings. The first-order valence-corrected chi connectivity index (χ1v) is 4.92. The fraction of sp³-hybridized carbons (Fsp3) is 0.154. The fourth-order valence-corrected chi connectivity index (χ4v) is 1.48. The number of rotatable bonds is 2. The van der Waals surface area contributed by atoms with Gasteiger partial charge in [-0.05, 0) is 26.0 Å². The fourth-order valence-electron chi connectivity index (χ4n) is 1.48. The van der Waals surface area contributed by atoms with Gasteiger partial charge in [-0.2, -0.15) is 0 Å². The first-order chi connectivity index (χ1) is 7.24. The van der Waals surface area contributed by atoms with Crippen molar-refractivity contribution in [1.29, 1.82) is 0 Å². The molecule has 2 heteroatoms. The molecule has 2 aromatic rings. The van der Waals surface area contributed by atoms with E-state index in [0.29, 0.717) is 0 Å². The largest absolute Gasteiger partial charge is 0.457 e. The zero-order chi connectivity index (χ0) is 10.7. The summed E-state index contributed by atoms with van der Waals surface area (Å²) in [7, 11) is 0. The second-order valence-electron chi connectivity index (χ2n) is 3.50. The van der Waals surface area contributed by atoms with Crippen LogP contribution in [-0.2, 0) is 0 Å². The van der Waals surface area contributed by atoms with E-state index < -0.39 is 0 Å². The molecule has 0 amide bonds. The van der Waals surface area contributed by atoms with Crippen LogP contribution in [0.4, 0.5) is 0 Å². The Labute approximate surface area is 89.6 Å². The smallest absolute Gasteiger partial charge is 0.131 e. The van der Waals surface area contributed by atoms with E-state index in [1.165, 1.54) is 0 Å². The molecule has 0 aliphatic heterocycles. The third-order valence-corrected chi connectivity index (χ3v) is 2.03. The first kappa shape index (κ1) is 9.71. The number of para-hydroxylation sites is 1. The third kappa shape index (κ3) is 2.56. The summed E-state index contributed by atoms with van der Waals surface area (Å²) in [5, 5.41) is 0. The van der Waals surface area contributed by atoms with Gasteiger partial charge in [0.05, 0.1) is 0 Å². The number of aryl methyl sites for hydroxylation is 2. The Balaban J connectivity index is 2.25. The second-order valence-corrected chi connectivity index (χ2v) is 3.50. The molecule has 0 N–H and O–H groups in total. The molecule has 0 unspecified atom stereocenters. The zero-order valence-corrected chi connectivity index (χ0v) is 8.90. The van der Waals surface area contributed by atoms with E-state index in [-0.39, 0.29) is 0 Å².